The molecule has 4 aromatic rings. The summed E-state index contributed by atoms with van der Waals surface area (Å²) in [5.41, 5.74) is 0.0549. The van der Waals surface area contributed by atoms with E-state index in [9.17, 15) is 14.4 Å². The molecule has 4 rings (SSSR count). The zero-order valence-corrected chi connectivity index (χ0v) is 17.8. The summed E-state index contributed by atoms with van der Waals surface area (Å²) in [6.07, 6.45) is 0. The summed E-state index contributed by atoms with van der Waals surface area (Å²) < 4.78 is 12.5. The Labute approximate surface area is 180 Å². The maximum absolute atomic E-state index is 12.9. The molecule has 0 fully saturated rings. The summed E-state index contributed by atoms with van der Waals surface area (Å²) in [5.74, 6) is 0.741. The number of carbonyl (C=O) groups is 1. The molecule has 0 unspecified atom stereocenters. The first kappa shape index (κ1) is 20.6. The maximum atomic E-state index is 12.9. The van der Waals surface area contributed by atoms with E-state index in [2.05, 4.69) is 14.7 Å². The van der Waals surface area contributed by atoms with Gasteiger partial charge in [-0.25, -0.2) is 19.6 Å². The molecule has 0 saturated heterocycles. The number of benzene rings is 1. The van der Waals surface area contributed by atoms with E-state index in [4.69, 9.17) is 4.42 Å². The second-order valence-electron chi connectivity index (χ2n) is 6.67. The largest absolute Gasteiger partial charge is 0.463 e. The summed E-state index contributed by atoms with van der Waals surface area (Å²) in [5, 5.41) is 0.657. The van der Waals surface area contributed by atoms with Crippen molar-refractivity contribution in [3.63, 3.8) is 0 Å². The summed E-state index contributed by atoms with van der Waals surface area (Å²) in [6.45, 7) is 0. The molecule has 3 aromatic heterocycles. The lowest BCUT2D eigenvalue weighted by Gasteiger charge is -2.11. The molecule has 0 aliphatic carbocycles. The zero-order valence-electron chi connectivity index (χ0n) is 17.0. The minimum absolute atomic E-state index is 0.0916. The van der Waals surface area contributed by atoms with Crippen molar-refractivity contribution in [2.24, 2.45) is 14.1 Å². The molecule has 0 spiro atoms. The van der Waals surface area contributed by atoms with Crippen molar-refractivity contribution in [2.45, 2.75) is 10.8 Å². The highest BCUT2D eigenvalue weighted by molar-refractivity contribution is 7.98. The SMILES string of the molecule is COC(=O)c1ccc(CSc2nc(-c3ccccc3)nc3c2c(=O)n(C)c(=O)n3C)o1. The monoisotopic (exact) mass is 438 g/mol. The van der Waals surface area contributed by atoms with Crippen LogP contribution in [-0.2, 0) is 24.6 Å². The first-order valence-corrected chi connectivity index (χ1v) is 10.2. The van der Waals surface area contributed by atoms with E-state index < -0.39 is 17.2 Å². The van der Waals surface area contributed by atoms with Gasteiger partial charge in [-0.2, -0.15) is 0 Å². The lowest BCUT2D eigenvalue weighted by Crippen LogP contribution is -2.37. The molecular formula is C21H18N4O5S. The highest BCUT2D eigenvalue weighted by atomic mass is 32.2. The van der Waals surface area contributed by atoms with Gasteiger partial charge in [0.2, 0.25) is 5.76 Å². The summed E-state index contributed by atoms with van der Waals surface area (Å²) in [4.78, 5) is 46.0. The molecule has 0 aliphatic rings. The van der Waals surface area contributed by atoms with Crippen LogP contribution in [-0.4, -0.2) is 32.2 Å². The van der Waals surface area contributed by atoms with Gasteiger partial charge >= 0.3 is 11.7 Å². The number of methoxy groups -OCH3 is 1. The van der Waals surface area contributed by atoms with E-state index in [0.717, 1.165) is 10.1 Å². The van der Waals surface area contributed by atoms with Gasteiger partial charge in [-0.3, -0.25) is 13.9 Å². The average molecular weight is 438 g/mol. The Hall–Kier alpha value is -3.66. The van der Waals surface area contributed by atoms with Crippen molar-refractivity contribution >= 4 is 28.8 Å². The van der Waals surface area contributed by atoms with Crippen LogP contribution in [0.5, 0.6) is 0 Å². The Morgan fingerprint density at radius 3 is 2.52 bits per heavy atom. The molecular weight excluding hydrogens is 420 g/mol. The van der Waals surface area contributed by atoms with Crippen molar-refractivity contribution in [3.05, 3.63) is 74.8 Å². The quantitative estimate of drug-likeness (QED) is 0.265. The number of aryl methyl sites for hydroxylation is 1. The van der Waals surface area contributed by atoms with Crippen LogP contribution in [0.3, 0.4) is 0 Å². The fourth-order valence-corrected chi connectivity index (χ4v) is 3.96. The number of nitrogens with zero attached hydrogens (tertiary/aromatic N) is 4. The fourth-order valence-electron chi connectivity index (χ4n) is 3.05. The number of furan rings is 1. The molecule has 9 nitrogen and oxygen atoms in total. The number of rotatable bonds is 5. The van der Waals surface area contributed by atoms with Gasteiger partial charge in [0.1, 0.15) is 16.2 Å². The molecule has 0 bridgehead atoms. The Morgan fingerprint density at radius 2 is 1.81 bits per heavy atom. The maximum Gasteiger partial charge on any atom is 0.373 e. The third-order valence-electron chi connectivity index (χ3n) is 4.70. The van der Waals surface area contributed by atoms with E-state index in [1.165, 1.54) is 36.6 Å². The van der Waals surface area contributed by atoms with Crippen molar-refractivity contribution in [3.8, 4) is 11.4 Å². The van der Waals surface area contributed by atoms with Crippen LogP contribution in [0, 0.1) is 0 Å². The molecule has 0 aliphatic heterocycles. The van der Waals surface area contributed by atoms with Crippen LogP contribution in [0.25, 0.3) is 22.4 Å². The minimum Gasteiger partial charge on any atom is -0.463 e. The smallest absolute Gasteiger partial charge is 0.373 e. The van der Waals surface area contributed by atoms with Crippen molar-refractivity contribution in [1.29, 1.82) is 0 Å². The Balaban J connectivity index is 1.84. The third-order valence-corrected chi connectivity index (χ3v) is 5.70. The van der Waals surface area contributed by atoms with Crippen LogP contribution in [0.15, 0.2) is 61.5 Å². The highest BCUT2D eigenvalue weighted by Gasteiger charge is 2.19. The van der Waals surface area contributed by atoms with Crippen LogP contribution in [0.1, 0.15) is 16.3 Å². The predicted molar refractivity (Wildman–Crippen MR) is 115 cm³/mol. The van der Waals surface area contributed by atoms with Gasteiger partial charge in [0.15, 0.2) is 11.5 Å². The molecule has 0 amide bonds. The van der Waals surface area contributed by atoms with E-state index in [-0.39, 0.29) is 16.8 Å². The fraction of sp³-hybridized carbons (Fsp3) is 0.190. The molecule has 0 radical (unpaired) electrons. The van der Waals surface area contributed by atoms with Gasteiger partial charge in [0.25, 0.3) is 5.56 Å². The van der Waals surface area contributed by atoms with Crippen LogP contribution in [0.4, 0.5) is 0 Å². The summed E-state index contributed by atoms with van der Waals surface area (Å²) in [7, 11) is 4.26. The van der Waals surface area contributed by atoms with Gasteiger partial charge in [0, 0.05) is 19.7 Å². The van der Waals surface area contributed by atoms with E-state index in [1.807, 2.05) is 30.3 Å². The first-order valence-electron chi connectivity index (χ1n) is 9.23. The van der Waals surface area contributed by atoms with Gasteiger partial charge in [-0.1, -0.05) is 42.1 Å². The average Bonchev–Trinajstić information content (AvgIpc) is 3.28. The number of esters is 1. The highest BCUT2D eigenvalue weighted by Crippen LogP contribution is 2.29. The Bertz CT molecular complexity index is 1410. The lowest BCUT2D eigenvalue weighted by molar-refractivity contribution is 0.0563. The number of hydrogen-bond donors (Lipinski definition) is 0. The Morgan fingerprint density at radius 1 is 1.06 bits per heavy atom. The van der Waals surface area contributed by atoms with Gasteiger partial charge in [0.05, 0.1) is 12.9 Å². The van der Waals surface area contributed by atoms with Crippen molar-refractivity contribution < 1.29 is 13.9 Å². The Kier molecular flexibility index (Phi) is 5.47. The topological polar surface area (TPSA) is 109 Å². The first-order chi connectivity index (χ1) is 14.9. The molecule has 158 valence electrons. The molecule has 0 N–H and O–H groups in total. The normalized spacial score (nSPS) is 11.1. The summed E-state index contributed by atoms with van der Waals surface area (Å²) in [6, 6.07) is 12.5. The van der Waals surface area contributed by atoms with Gasteiger partial charge in [-0.05, 0) is 12.1 Å². The molecule has 0 saturated carbocycles. The van der Waals surface area contributed by atoms with Crippen molar-refractivity contribution in [2.75, 3.05) is 7.11 Å². The molecule has 3 heterocycles. The second-order valence-corrected chi connectivity index (χ2v) is 7.63. The number of carbonyl (C=O) groups excluding carboxylic acids is 1. The zero-order chi connectivity index (χ0) is 22.1. The van der Waals surface area contributed by atoms with Crippen molar-refractivity contribution in [1.82, 2.24) is 19.1 Å². The number of fused-ring (bicyclic) bond motifs is 1. The predicted octanol–water partition coefficient (Wildman–Crippen LogP) is 2.37. The van der Waals surface area contributed by atoms with E-state index >= 15 is 0 Å². The minimum atomic E-state index is -0.570. The van der Waals surface area contributed by atoms with E-state index in [1.54, 1.807) is 13.1 Å². The third kappa shape index (κ3) is 3.77. The van der Waals surface area contributed by atoms with Gasteiger partial charge < -0.3 is 9.15 Å². The number of ether oxygens (including phenoxy) is 1. The lowest BCUT2D eigenvalue weighted by atomic mass is 10.2. The molecule has 31 heavy (non-hydrogen) atoms. The second kappa shape index (κ2) is 8.23. The van der Waals surface area contributed by atoms with Crippen LogP contribution in [0.2, 0.25) is 0 Å². The molecule has 1 aromatic carbocycles. The summed E-state index contributed by atoms with van der Waals surface area (Å²) >= 11 is 1.26. The van der Waals surface area contributed by atoms with Gasteiger partial charge in [-0.15, -0.1) is 0 Å². The van der Waals surface area contributed by atoms with Crippen LogP contribution >= 0.6 is 11.8 Å². The van der Waals surface area contributed by atoms with E-state index in [0.29, 0.717) is 22.4 Å². The number of thioether (sulfide) groups is 1. The standard InChI is InChI=1S/C21H18N4O5S/c1-24-17-15(19(26)25(2)21(24)28)18(23-16(22-17)12-7-5-4-6-8-12)31-11-13-9-10-14(30-13)20(27)29-3/h4-10H,11H2,1-3H3. The van der Waals surface area contributed by atoms with Crippen LogP contribution < -0.4 is 11.2 Å². The number of aromatic nitrogens is 4. The molecule has 10 heteroatoms. The molecule has 0 atom stereocenters. The number of hydrogen-bond acceptors (Lipinski definition) is 8.